The van der Waals surface area contributed by atoms with Crippen molar-refractivity contribution in [3.05, 3.63) is 36.9 Å². The Bertz CT molecular complexity index is 310. The van der Waals surface area contributed by atoms with Crippen molar-refractivity contribution in [1.82, 2.24) is 0 Å². The van der Waals surface area contributed by atoms with Gasteiger partial charge in [0.25, 0.3) is 0 Å². The Balaban J connectivity index is 0. The van der Waals surface area contributed by atoms with E-state index in [4.69, 9.17) is 8.85 Å². The summed E-state index contributed by atoms with van der Waals surface area (Å²) in [5.74, 6) is 0. The molecule has 0 radical (unpaired) electrons. The van der Waals surface area contributed by atoms with Gasteiger partial charge >= 0.3 is 23.1 Å². The molecule has 0 amide bonds. The summed E-state index contributed by atoms with van der Waals surface area (Å²) in [7, 11) is -2.50. The van der Waals surface area contributed by atoms with E-state index in [-0.39, 0.29) is 47.7 Å². The Labute approximate surface area is 134 Å². The van der Waals surface area contributed by atoms with Gasteiger partial charge in [0.05, 0.1) is 0 Å². The van der Waals surface area contributed by atoms with Crippen LogP contribution in [-0.4, -0.2) is 43.8 Å². The molecule has 0 heterocycles. The van der Waals surface area contributed by atoms with Crippen molar-refractivity contribution in [2.24, 2.45) is 0 Å². The van der Waals surface area contributed by atoms with E-state index in [9.17, 15) is 0 Å². The monoisotopic (exact) mass is 296 g/mol. The van der Waals surface area contributed by atoms with Gasteiger partial charge in [0.15, 0.2) is 0 Å². The molecule has 0 aliphatic heterocycles. The smallest absolute Gasteiger partial charge is 1.00 e. The molecule has 0 aliphatic rings. The number of halogens is 1. The van der Waals surface area contributed by atoms with Gasteiger partial charge in [-0.3, -0.25) is 6.55 Å². The average molecular weight is 297 g/mol. The molecule has 0 unspecified atom stereocenters. The van der Waals surface area contributed by atoms with Gasteiger partial charge in [-0.15, -0.1) is 0 Å². The molecule has 0 bridgehead atoms. The summed E-state index contributed by atoms with van der Waals surface area (Å²) >= 11 is 0. The van der Waals surface area contributed by atoms with Crippen LogP contribution in [0.2, 0.25) is 0 Å². The van der Waals surface area contributed by atoms with Gasteiger partial charge in [0, 0.05) is 12.2 Å². The second-order valence-corrected chi connectivity index (χ2v) is 7.01. The van der Waals surface area contributed by atoms with Crippen LogP contribution in [-0.2, 0) is 8.85 Å². The van der Waals surface area contributed by atoms with Crippen LogP contribution < -0.4 is 17.6 Å². The first kappa shape index (κ1) is 20.7. The summed E-state index contributed by atoms with van der Waals surface area (Å²) in [5, 5.41) is 1.08. The SMILES string of the molecule is [CH2-][Si](OC(C)C)(OC(C)C)c1ccccc1.[Cl-].[Mg+2]. The fourth-order valence-corrected chi connectivity index (χ4v) is 4.17. The van der Waals surface area contributed by atoms with Crippen LogP contribution in [0.3, 0.4) is 0 Å². The van der Waals surface area contributed by atoms with Gasteiger partial charge in [-0.1, -0.05) is 30.3 Å². The summed E-state index contributed by atoms with van der Waals surface area (Å²) < 4.78 is 11.9. The maximum atomic E-state index is 5.94. The first-order chi connectivity index (χ1) is 7.44. The minimum atomic E-state index is -2.50. The van der Waals surface area contributed by atoms with Crippen LogP contribution in [0, 0.1) is 6.55 Å². The second kappa shape index (κ2) is 9.34. The third-order valence-electron chi connectivity index (χ3n) is 2.07. The molecule has 2 nitrogen and oxygen atoms in total. The number of benzene rings is 1. The first-order valence-corrected chi connectivity index (χ1v) is 7.73. The van der Waals surface area contributed by atoms with Gasteiger partial charge < -0.3 is 21.3 Å². The standard InChI is InChI=1S/C13H21O2Si.ClH.Mg/c1-11(2)14-16(5,15-12(3)4)13-9-7-6-8-10-13;;/h6-12H,5H2,1-4H3;1H;/q-1;;+2/p-1. The Hall–Kier alpha value is 0.413. The van der Waals surface area contributed by atoms with Crippen LogP contribution in [0.25, 0.3) is 0 Å². The molecule has 0 saturated carbocycles. The van der Waals surface area contributed by atoms with E-state index in [1.54, 1.807) is 0 Å². The fraction of sp³-hybridized carbons (Fsp3) is 0.462. The predicted molar refractivity (Wildman–Crippen MR) is 75.4 cm³/mol. The Morgan fingerprint density at radius 2 is 1.33 bits per heavy atom. The summed E-state index contributed by atoms with van der Waals surface area (Å²) in [6.45, 7) is 12.3. The van der Waals surface area contributed by atoms with E-state index in [1.807, 2.05) is 58.0 Å². The van der Waals surface area contributed by atoms with Crippen LogP contribution in [0.15, 0.2) is 30.3 Å². The van der Waals surface area contributed by atoms with E-state index in [2.05, 4.69) is 6.55 Å². The van der Waals surface area contributed by atoms with Crippen molar-refractivity contribution in [2.75, 3.05) is 0 Å². The number of hydrogen-bond donors (Lipinski definition) is 0. The molecule has 98 valence electrons. The predicted octanol–water partition coefficient (Wildman–Crippen LogP) is -0.818. The molecular weight excluding hydrogens is 276 g/mol. The van der Waals surface area contributed by atoms with Gasteiger partial charge in [0.1, 0.15) is 0 Å². The molecule has 0 N–H and O–H groups in total. The van der Waals surface area contributed by atoms with Crippen molar-refractivity contribution in [3.63, 3.8) is 0 Å². The number of hydrogen-bond acceptors (Lipinski definition) is 2. The summed E-state index contributed by atoms with van der Waals surface area (Å²) in [6.07, 6.45) is 0.256. The third kappa shape index (κ3) is 6.54. The van der Waals surface area contributed by atoms with E-state index in [0.29, 0.717) is 0 Å². The third-order valence-corrected chi connectivity index (χ3v) is 4.98. The maximum absolute atomic E-state index is 5.94. The molecule has 0 spiro atoms. The van der Waals surface area contributed by atoms with Crippen molar-refractivity contribution in [1.29, 1.82) is 0 Å². The van der Waals surface area contributed by atoms with Crippen molar-refractivity contribution < 1.29 is 21.3 Å². The van der Waals surface area contributed by atoms with Crippen LogP contribution >= 0.6 is 0 Å². The normalized spacial score (nSPS) is 11.1. The van der Waals surface area contributed by atoms with Crippen molar-refractivity contribution >= 4 is 36.8 Å². The Morgan fingerprint density at radius 1 is 0.944 bits per heavy atom. The molecule has 0 saturated heterocycles. The quantitative estimate of drug-likeness (QED) is 0.522. The van der Waals surface area contributed by atoms with E-state index in [0.717, 1.165) is 5.19 Å². The van der Waals surface area contributed by atoms with Crippen LogP contribution in [0.4, 0.5) is 0 Å². The van der Waals surface area contributed by atoms with Gasteiger partial charge in [0.2, 0.25) is 8.56 Å². The molecular formula is C13H21ClMgO2Si. The van der Waals surface area contributed by atoms with Crippen molar-refractivity contribution in [2.45, 2.75) is 39.9 Å². The molecule has 0 aliphatic carbocycles. The van der Waals surface area contributed by atoms with E-state index in [1.165, 1.54) is 0 Å². The summed E-state index contributed by atoms with van der Waals surface area (Å²) in [6, 6.07) is 10.0. The maximum Gasteiger partial charge on any atom is 2.00 e. The molecule has 0 atom stereocenters. The van der Waals surface area contributed by atoms with Crippen molar-refractivity contribution in [3.8, 4) is 0 Å². The second-order valence-electron chi connectivity index (χ2n) is 4.45. The van der Waals surface area contributed by atoms with Gasteiger partial charge in [-0.25, -0.2) is 0 Å². The minimum absolute atomic E-state index is 0. The van der Waals surface area contributed by atoms with E-state index < -0.39 is 8.56 Å². The number of rotatable bonds is 5. The zero-order chi connectivity index (χ0) is 12.2. The van der Waals surface area contributed by atoms with Crippen LogP contribution in [0.1, 0.15) is 27.7 Å². The Morgan fingerprint density at radius 3 is 1.67 bits per heavy atom. The minimum Gasteiger partial charge on any atom is -1.00 e. The fourth-order valence-electron chi connectivity index (χ4n) is 1.62. The largest absolute Gasteiger partial charge is 2.00 e. The van der Waals surface area contributed by atoms with Crippen LogP contribution in [0.5, 0.6) is 0 Å². The molecule has 0 fully saturated rings. The molecule has 1 aromatic carbocycles. The average Bonchev–Trinajstić information content (AvgIpc) is 2.16. The van der Waals surface area contributed by atoms with Gasteiger partial charge in [-0.05, 0) is 32.9 Å². The topological polar surface area (TPSA) is 18.5 Å². The molecule has 1 rings (SSSR count). The molecule has 18 heavy (non-hydrogen) atoms. The zero-order valence-electron chi connectivity index (χ0n) is 11.7. The molecule has 5 heteroatoms. The first-order valence-electron chi connectivity index (χ1n) is 5.70. The Kier molecular flexibility index (Phi) is 10.8. The molecule has 0 aromatic heterocycles. The van der Waals surface area contributed by atoms with E-state index >= 15 is 0 Å². The van der Waals surface area contributed by atoms with Gasteiger partial charge in [-0.2, -0.15) is 0 Å². The summed E-state index contributed by atoms with van der Waals surface area (Å²) in [5.41, 5.74) is 0. The molecule has 1 aromatic rings. The summed E-state index contributed by atoms with van der Waals surface area (Å²) in [4.78, 5) is 0. The zero-order valence-corrected chi connectivity index (χ0v) is 14.8.